The first-order valence-corrected chi connectivity index (χ1v) is 5.22. The lowest BCUT2D eigenvalue weighted by molar-refractivity contribution is -0.138. The molecule has 0 saturated heterocycles. The number of hydrogen-bond donors (Lipinski definition) is 1. The van der Waals surface area contributed by atoms with Crippen molar-refractivity contribution in [2.24, 2.45) is 5.11 Å². The molecule has 1 atom stereocenters. The van der Waals surface area contributed by atoms with E-state index in [0.29, 0.717) is 11.3 Å². The van der Waals surface area contributed by atoms with Gasteiger partial charge in [-0.05, 0) is 46.7 Å². The van der Waals surface area contributed by atoms with Gasteiger partial charge in [0.1, 0.15) is 0 Å². The van der Waals surface area contributed by atoms with Crippen LogP contribution in [0.5, 0.6) is 0 Å². The summed E-state index contributed by atoms with van der Waals surface area (Å²) in [5.74, 6) is -1.62. The van der Waals surface area contributed by atoms with Crippen LogP contribution in [0.25, 0.3) is 10.4 Å². The van der Waals surface area contributed by atoms with Crippen LogP contribution in [-0.4, -0.2) is 11.1 Å². The number of rotatable bonds is 3. The van der Waals surface area contributed by atoms with Crippen LogP contribution in [-0.2, 0) is 4.79 Å². The lowest BCUT2D eigenvalue weighted by Gasteiger charge is -2.10. The minimum atomic E-state index is -0.939. The Balaban J connectivity index is 3.34. The van der Waals surface area contributed by atoms with Gasteiger partial charge in [0, 0.05) is 8.48 Å². The summed E-state index contributed by atoms with van der Waals surface area (Å²) in [7, 11) is 0. The average molecular weight is 317 g/mol. The fourth-order valence-corrected chi connectivity index (χ4v) is 1.79. The fourth-order valence-electron chi connectivity index (χ4n) is 1.16. The Morgan fingerprint density at radius 3 is 2.87 bits per heavy atom. The van der Waals surface area contributed by atoms with Gasteiger partial charge >= 0.3 is 5.97 Å². The number of carboxylic acid groups (broad SMARTS) is 1. The van der Waals surface area contributed by atoms with E-state index in [4.69, 9.17) is 10.6 Å². The average Bonchev–Trinajstić information content (AvgIpc) is 2.20. The second-order valence-corrected chi connectivity index (χ2v) is 4.09. The quantitative estimate of drug-likeness (QED) is 0.401. The fraction of sp³-hybridized carbons (Fsp3) is 0.222. The normalized spacial score (nSPS) is 11.6. The Bertz CT molecular complexity index is 441. The summed E-state index contributed by atoms with van der Waals surface area (Å²) in [6.07, 6.45) is 0. The molecule has 5 nitrogen and oxygen atoms in total. The van der Waals surface area contributed by atoms with Gasteiger partial charge in [0.15, 0.2) is 0 Å². The molecular formula is C9H8IN3O2. The maximum absolute atomic E-state index is 10.8. The summed E-state index contributed by atoms with van der Waals surface area (Å²) in [6, 6.07) is 5.17. The van der Waals surface area contributed by atoms with Gasteiger partial charge in [-0.15, -0.1) is 0 Å². The maximum Gasteiger partial charge on any atom is 0.310 e. The molecule has 0 aliphatic rings. The number of benzene rings is 1. The first-order valence-electron chi connectivity index (χ1n) is 4.14. The molecule has 1 N–H and O–H groups in total. The van der Waals surface area contributed by atoms with E-state index in [1.807, 2.05) is 22.6 Å². The van der Waals surface area contributed by atoms with Crippen LogP contribution in [0.4, 0.5) is 5.69 Å². The minimum absolute atomic E-state index is 0.399. The lowest BCUT2D eigenvalue weighted by atomic mass is 10.00. The summed E-state index contributed by atoms with van der Waals surface area (Å²) in [5, 5.41) is 12.4. The molecule has 15 heavy (non-hydrogen) atoms. The van der Waals surface area contributed by atoms with Crippen LogP contribution < -0.4 is 0 Å². The largest absolute Gasteiger partial charge is 0.481 e. The van der Waals surface area contributed by atoms with E-state index in [9.17, 15) is 4.79 Å². The third-order valence-electron chi connectivity index (χ3n) is 2.00. The van der Waals surface area contributed by atoms with Gasteiger partial charge in [-0.2, -0.15) is 0 Å². The Kier molecular flexibility index (Phi) is 3.93. The number of carbonyl (C=O) groups is 1. The highest BCUT2D eigenvalue weighted by Crippen LogP contribution is 2.31. The third-order valence-corrected chi connectivity index (χ3v) is 2.87. The van der Waals surface area contributed by atoms with Crippen LogP contribution >= 0.6 is 22.6 Å². The molecule has 78 valence electrons. The summed E-state index contributed by atoms with van der Waals surface area (Å²) in [6.45, 7) is 1.56. The molecule has 0 heterocycles. The molecule has 0 fully saturated rings. The third kappa shape index (κ3) is 2.60. The Morgan fingerprint density at radius 2 is 2.33 bits per heavy atom. The molecule has 0 saturated carbocycles. The molecule has 1 unspecified atom stereocenters. The SMILES string of the molecule is CC(C(=O)O)c1cccc(I)c1N=[N+]=[N-]. The number of halogens is 1. The van der Waals surface area contributed by atoms with Crippen molar-refractivity contribution >= 4 is 34.2 Å². The van der Waals surface area contributed by atoms with Crippen molar-refractivity contribution in [3.05, 3.63) is 37.8 Å². The van der Waals surface area contributed by atoms with Crippen molar-refractivity contribution in [3.63, 3.8) is 0 Å². The minimum Gasteiger partial charge on any atom is -0.481 e. The van der Waals surface area contributed by atoms with Crippen molar-refractivity contribution in [3.8, 4) is 0 Å². The van der Waals surface area contributed by atoms with Crippen molar-refractivity contribution in [1.29, 1.82) is 0 Å². The zero-order valence-electron chi connectivity index (χ0n) is 7.88. The van der Waals surface area contributed by atoms with Crippen molar-refractivity contribution < 1.29 is 9.90 Å². The molecule has 0 spiro atoms. The molecule has 0 radical (unpaired) electrons. The van der Waals surface area contributed by atoms with E-state index in [1.165, 1.54) is 0 Å². The predicted octanol–water partition coefficient (Wildman–Crippen LogP) is 3.42. The van der Waals surface area contributed by atoms with E-state index in [2.05, 4.69) is 10.0 Å². The van der Waals surface area contributed by atoms with Crippen LogP contribution in [0.2, 0.25) is 0 Å². The second kappa shape index (κ2) is 4.99. The number of azide groups is 1. The predicted molar refractivity (Wildman–Crippen MR) is 64.0 cm³/mol. The molecule has 6 heteroatoms. The van der Waals surface area contributed by atoms with Gasteiger partial charge in [-0.3, -0.25) is 4.79 Å². The Labute approximate surface area is 99.9 Å². The first kappa shape index (κ1) is 11.8. The molecular weight excluding hydrogens is 309 g/mol. The highest BCUT2D eigenvalue weighted by Gasteiger charge is 2.17. The van der Waals surface area contributed by atoms with Gasteiger partial charge in [-0.1, -0.05) is 17.2 Å². The van der Waals surface area contributed by atoms with Gasteiger partial charge in [0.2, 0.25) is 0 Å². The van der Waals surface area contributed by atoms with Crippen LogP contribution in [0.15, 0.2) is 23.3 Å². The second-order valence-electron chi connectivity index (χ2n) is 2.93. The first-order chi connectivity index (χ1) is 7.07. The monoisotopic (exact) mass is 317 g/mol. The van der Waals surface area contributed by atoms with E-state index < -0.39 is 11.9 Å². The molecule has 0 aliphatic carbocycles. The lowest BCUT2D eigenvalue weighted by Crippen LogP contribution is -2.07. The number of nitrogens with zero attached hydrogens (tertiary/aromatic N) is 3. The summed E-state index contributed by atoms with van der Waals surface area (Å²) < 4.78 is 0.746. The highest BCUT2D eigenvalue weighted by molar-refractivity contribution is 14.1. The molecule has 1 rings (SSSR count). The smallest absolute Gasteiger partial charge is 0.310 e. The van der Waals surface area contributed by atoms with Gasteiger partial charge in [-0.25, -0.2) is 0 Å². The summed E-state index contributed by atoms with van der Waals surface area (Å²) >= 11 is 2.01. The Hall–Kier alpha value is -1.27. The standard InChI is InChI=1S/C9H8IN3O2/c1-5(9(14)15)6-3-2-4-7(10)8(6)12-13-11/h2-5H,1H3,(H,14,15). The zero-order valence-corrected chi connectivity index (χ0v) is 10.0. The topological polar surface area (TPSA) is 86.1 Å². The number of aliphatic carboxylic acids is 1. The van der Waals surface area contributed by atoms with Crippen molar-refractivity contribution in [2.45, 2.75) is 12.8 Å². The highest BCUT2D eigenvalue weighted by atomic mass is 127. The maximum atomic E-state index is 10.8. The van der Waals surface area contributed by atoms with E-state index >= 15 is 0 Å². The van der Waals surface area contributed by atoms with Gasteiger partial charge in [0.25, 0.3) is 0 Å². The van der Waals surface area contributed by atoms with Crippen LogP contribution in [0.3, 0.4) is 0 Å². The van der Waals surface area contributed by atoms with E-state index in [1.54, 1.807) is 25.1 Å². The van der Waals surface area contributed by atoms with Crippen molar-refractivity contribution in [1.82, 2.24) is 0 Å². The molecule has 0 amide bonds. The van der Waals surface area contributed by atoms with E-state index in [0.717, 1.165) is 3.57 Å². The van der Waals surface area contributed by atoms with E-state index in [-0.39, 0.29) is 0 Å². The van der Waals surface area contributed by atoms with Crippen LogP contribution in [0.1, 0.15) is 18.4 Å². The van der Waals surface area contributed by atoms with Gasteiger partial charge in [0.05, 0.1) is 11.6 Å². The molecule has 1 aromatic carbocycles. The Morgan fingerprint density at radius 1 is 1.67 bits per heavy atom. The molecule has 0 aliphatic heterocycles. The van der Waals surface area contributed by atoms with Gasteiger partial charge < -0.3 is 5.11 Å². The van der Waals surface area contributed by atoms with Crippen molar-refractivity contribution in [2.75, 3.05) is 0 Å². The number of hydrogen-bond acceptors (Lipinski definition) is 2. The molecule has 1 aromatic rings. The summed E-state index contributed by atoms with van der Waals surface area (Å²) in [5.41, 5.74) is 9.33. The van der Waals surface area contributed by atoms with Crippen LogP contribution in [0, 0.1) is 3.57 Å². The number of carboxylic acids is 1. The molecule has 0 bridgehead atoms. The zero-order chi connectivity index (χ0) is 11.4. The molecule has 0 aromatic heterocycles. The summed E-state index contributed by atoms with van der Waals surface area (Å²) in [4.78, 5) is 13.5.